The molecule has 0 aliphatic heterocycles. The van der Waals surface area contributed by atoms with Crippen molar-refractivity contribution in [2.24, 2.45) is 0 Å². The predicted molar refractivity (Wildman–Crippen MR) is 135 cm³/mol. The van der Waals surface area contributed by atoms with E-state index < -0.39 is 5.54 Å². The summed E-state index contributed by atoms with van der Waals surface area (Å²) in [5.74, 6) is 0.854. The molecule has 1 N–H and O–H groups in total. The summed E-state index contributed by atoms with van der Waals surface area (Å²) in [6.45, 7) is 4.57. The first-order valence-corrected chi connectivity index (χ1v) is 12.8. The number of carbonyl (C=O) groups is 2. The van der Waals surface area contributed by atoms with Gasteiger partial charge in [0.25, 0.3) is 0 Å². The Morgan fingerprint density at radius 3 is 2.53 bits per heavy atom. The van der Waals surface area contributed by atoms with Crippen molar-refractivity contribution in [3.63, 3.8) is 0 Å². The zero-order valence-electron chi connectivity index (χ0n) is 21.2. The van der Waals surface area contributed by atoms with E-state index in [1.54, 1.807) is 12.4 Å². The van der Waals surface area contributed by atoms with Gasteiger partial charge in [-0.1, -0.05) is 61.2 Å². The third kappa shape index (κ3) is 6.56. The largest absolute Gasteiger partial charge is 0.343 e. The number of rotatable bonds is 9. The summed E-state index contributed by atoms with van der Waals surface area (Å²) in [6, 6.07) is 12.0. The van der Waals surface area contributed by atoms with Crippen molar-refractivity contribution in [2.75, 3.05) is 0 Å². The van der Waals surface area contributed by atoms with Gasteiger partial charge in [-0.2, -0.15) is 4.98 Å². The van der Waals surface area contributed by atoms with Crippen LogP contribution in [0.1, 0.15) is 80.3 Å². The molecule has 0 radical (unpaired) electrons. The average Bonchev–Trinajstić information content (AvgIpc) is 3.23. The molecule has 8 nitrogen and oxygen atoms in total. The first-order chi connectivity index (χ1) is 17.4. The molecule has 190 valence electrons. The number of nitrogens with zero attached hydrogens (tertiary/aromatic N) is 4. The average molecular weight is 490 g/mol. The Morgan fingerprint density at radius 1 is 1.06 bits per heavy atom. The van der Waals surface area contributed by atoms with Gasteiger partial charge in [0.05, 0.1) is 0 Å². The second-order valence-corrected chi connectivity index (χ2v) is 9.73. The second kappa shape index (κ2) is 11.9. The summed E-state index contributed by atoms with van der Waals surface area (Å²) in [5.41, 5.74) is 2.64. The van der Waals surface area contributed by atoms with Crippen LogP contribution in [0.3, 0.4) is 0 Å². The molecule has 1 aliphatic rings. The van der Waals surface area contributed by atoms with E-state index in [2.05, 4.69) is 39.5 Å². The van der Waals surface area contributed by atoms with Gasteiger partial charge in [-0.25, -0.2) is 0 Å². The standard InChI is InChI=1S/C28H35N5O3/c1-21-10-5-6-12-24(21)20-33(19-23-11-9-17-29-18-23)26(35)14-13-25-30-27(32-36-25)28(31-22(2)34)15-7-3-4-8-16-28/h5-6,9-12,17-18H,3-4,7-8,13-16,19-20H2,1-2H3,(H,31,34). The molecule has 2 amide bonds. The Hall–Kier alpha value is -3.55. The van der Waals surface area contributed by atoms with Gasteiger partial charge in [0.15, 0.2) is 5.82 Å². The third-order valence-electron chi connectivity index (χ3n) is 6.89. The van der Waals surface area contributed by atoms with Gasteiger partial charge >= 0.3 is 0 Å². The van der Waals surface area contributed by atoms with Crippen molar-refractivity contribution in [1.29, 1.82) is 0 Å². The molecule has 0 spiro atoms. The number of hydrogen-bond acceptors (Lipinski definition) is 6. The molecule has 1 fully saturated rings. The molecule has 4 rings (SSSR count). The molecule has 2 aromatic heterocycles. The minimum atomic E-state index is -0.592. The Morgan fingerprint density at radius 2 is 1.83 bits per heavy atom. The fraction of sp³-hybridized carbons (Fsp3) is 0.464. The molecular formula is C28H35N5O3. The van der Waals surface area contributed by atoms with Crippen molar-refractivity contribution in [2.45, 2.75) is 83.8 Å². The summed E-state index contributed by atoms with van der Waals surface area (Å²) in [5, 5.41) is 7.35. The lowest BCUT2D eigenvalue weighted by Gasteiger charge is -2.30. The summed E-state index contributed by atoms with van der Waals surface area (Å²) < 4.78 is 5.56. The van der Waals surface area contributed by atoms with Crippen LogP contribution in [0.5, 0.6) is 0 Å². The van der Waals surface area contributed by atoms with E-state index in [-0.39, 0.29) is 18.2 Å². The van der Waals surface area contributed by atoms with Crippen molar-refractivity contribution in [1.82, 2.24) is 25.3 Å². The molecule has 0 saturated heterocycles. The molecule has 1 saturated carbocycles. The highest BCUT2D eigenvalue weighted by Gasteiger charge is 2.38. The van der Waals surface area contributed by atoms with Crippen LogP contribution >= 0.6 is 0 Å². The Balaban J connectivity index is 1.47. The van der Waals surface area contributed by atoms with Crippen molar-refractivity contribution in [3.8, 4) is 0 Å². The molecular weight excluding hydrogens is 454 g/mol. The van der Waals surface area contributed by atoms with Crippen LogP contribution < -0.4 is 5.32 Å². The van der Waals surface area contributed by atoms with Gasteiger partial charge in [0.2, 0.25) is 17.7 Å². The Labute approximate surface area is 212 Å². The zero-order chi connectivity index (χ0) is 25.4. The number of carbonyl (C=O) groups excluding carboxylic acids is 2. The van der Waals surface area contributed by atoms with Crippen LogP contribution in [0.25, 0.3) is 0 Å². The van der Waals surface area contributed by atoms with E-state index in [9.17, 15) is 9.59 Å². The molecule has 0 bridgehead atoms. The highest BCUT2D eigenvalue weighted by atomic mass is 16.5. The summed E-state index contributed by atoms with van der Waals surface area (Å²) in [6.07, 6.45) is 9.97. The van der Waals surface area contributed by atoms with E-state index in [0.717, 1.165) is 55.2 Å². The third-order valence-corrected chi connectivity index (χ3v) is 6.89. The molecule has 2 heterocycles. The van der Waals surface area contributed by atoms with Gasteiger partial charge in [-0.05, 0) is 42.5 Å². The molecule has 0 unspecified atom stereocenters. The molecule has 0 atom stereocenters. The number of aryl methyl sites for hydroxylation is 2. The minimum absolute atomic E-state index is 0.00731. The van der Waals surface area contributed by atoms with Gasteiger partial charge < -0.3 is 14.7 Å². The highest BCUT2D eigenvalue weighted by Crippen LogP contribution is 2.34. The fourth-order valence-corrected chi connectivity index (χ4v) is 4.93. The quantitative estimate of drug-likeness (QED) is 0.440. The van der Waals surface area contributed by atoms with Crippen LogP contribution in [-0.2, 0) is 34.6 Å². The van der Waals surface area contributed by atoms with Gasteiger partial charge in [-0.3, -0.25) is 14.6 Å². The van der Waals surface area contributed by atoms with Crippen molar-refractivity contribution in [3.05, 3.63) is 77.2 Å². The van der Waals surface area contributed by atoms with Gasteiger partial charge in [-0.15, -0.1) is 0 Å². The molecule has 36 heavy (non-hydrogen) atoms. The van der Waals surface area contributed by atoms with E-state index >= 15 is 0 Å². The number of benzene rings is 1. The van der Waals surface area contributed by atoms with Gasteiger partial charge in [0.1, 0.15) is 5.54 Å². The van der Waals surface area contributed by atoms with Crippen LogP contribution in [0.2, 0.25) is 0 Å². The Kier molecular flexibility index (Phi) is 8.46. The molecule has 8 heteroatoms. The lowest BCUT2D eigenvalue weighted by Crippen LogP contribution is -2.45. The molecule has 1 aliphatic carbocycles. The Bertz CT molecular complexity index is 1150. The first-order valence-electron chi connectivity index (χ1n) is 12.8. The maximum atomic E-state index is 13.4. The molecule has 3 aromatic rings. The lowest BCUT2D eigenvalue weighted by molar-refractivity contribution is -0.132. The van der Waals surface area contributed by atoms with Gasteiger partial charge in [0, 0.05) is 45.2 Å². The maximum Gasteiger partial charge on any atom is 0.227 e. The van der Waals surface area contributed by atoms with Crippen LogP contribution in [0.15, 0.2) is 53.3 Å². The van der Waals surface area contributed by atoms with Crippen molar-refractivity contribution < 1.29 is 14.1 Å². The number of aromatic nitrogens is 3. The second-order valence-electron chi connectivity index (χ2n) is 9.73. The van der Waals surface area contributed by atoms with E-state index in [0.29, 0.717) is 31.2 Å². The topological polar surface area (TPSA) is 101 Å². The SMILES string of the molecule is CC(=O)NC1(c2noc(CCC(=O)N(Cc3cccnc3)Cc3ccccc3C)n2)CCCCCC1. The summed E-state index contributed by atoms with van der Waals surface area (Å²) >= 11 is 0. The summed E-state index contributed by atoms with van der Waals surface area (Å²) in [4.78, 5) is 36.0. The number of pyridine rings is 1. The lowest BCUT2D eigenvalue weighted by atomic mass is 9.89. The minimum Gasteiger partial charge on any atom is -0.343 e. The molecule has 1 aromatic carbocycles. The van der Waals surface area contributed by atoms with E-state index in [4.69, 9.17) is 4.52 Å². The smallest absolute Gasteiger partial charge is 0.227 e. The number of hydrogen-bond donors (Lipinski definition) is 1. The van der Waals surface area contributed by atoms with Crippen LogP contribution in [-0.4, -0.2) is 31.8 Å². The maximum absolute atomic E-state index is 13.4. The summed E-state index contributed by atoms with van der Waals surface area (Å²) in [7, 11) is 0. The van der Waals surface area contributed by atoms with Crippen molar-refractivity contribution >= 4 is 11.8 Å². The van der Waals surface area contributed by atoms with Crippen LogP contribution in [0.4, 0.5) is 0 Å². The number of amides is 2. The number of nitrogens with one attached hydrogen (secondary N) is 1. The highest BCUT2D eigenvalue weighted by molar-refractivity contribution is 5.76. The zero-order valence-corrected chi connectivity index (χ0v) is 21.2. The fourth-order valence-electron chi connectivity index (χ4n) is 4.93. The van der Waals surface area contributed by atoms with E-state index in [1.807, 2.05) is 29.2 Å². The van der Waals surface area contributed by atoms with E-state index in [1.165, 1.54) is 6.92 Å². The predicted octanol–water partition coefficient (Wildman–Crippen LogP) is 4.62. The normalized spacial score (nSPS) is 15.2. The monoisotopic (exact) mass is 489 g/mol. The first kappa shape index (κ1) is 25.5. The van der Waals surface area contributed by atoms with Crippen LogP contribution in [0, 0.1) is 6.92 Å².